The molecule has 0 amide bonds. The van der Waals surface area contributed by atoms with Crippen molar-refractivity contribution in [2.24, 2.45) is 11.7 Å². The number of hydrogen-bond acceptors (Lipinski definition) is 4. The van der Waals surface area contributed by atoms with E-state index >= 15 is 0 Å². The highest BCUT2D eigenvalue weighted by Gasteiger charge is 2.26. The van der Waals surface area contributed by atoms with Gasteiger partial charge in [0.2, 0.25) is 0 Å². The Morgan fingerprint density at radius 1 is 1.25 bits per heavy atom. The van der Waals surface area contributed by atoms with Crippen LogP contribution in [0.2, 0.25) is 0 Å². The molecule has 5 heteroatoms. The van der Waals surface area contributed by atoms with Crippen molar-refractivity contribution in [1.29, 1.82) is 0 Å². The molecular weight excluding hydrogens is 334 g/mol. The van der Waals surface area contributed by atoms with Gasteiger partial charge in [-0.2, -0.15) is 0 Å². The van der Waals surface area contributed by atoms with Crippen molar-refractivity contribution in [3.05, 3.63) is 20.8 Å². The quantitative estimate of drug-likeness (QED) is 0.769. The third kappa shape index (κ3) is 5.82. The lowest BCUT2D eigenvalue weighted by Gasteiger charge is -2.35. The minimum absolute atomic E-state index is 0.126. The number of thiophene rings is 1. The third-order valence-electron chi connectivity index (χ3n) is 3.20. The van der Waals surface area contributed by atoms with E-state index in [2.05, 4.69) is 72.0 Å². The molecule has 0 saturated carbocycles. The Labute approximate surface area is 136 Å². The Balaban J connectivity index is 2.91. The largest absolute Gasteiger partial charge is 0.326 e. The summed E-state index contributed by atoms with van der Waals surface area (Å²) in [4.78, 5) is 6.12. The molecule has 1 rings (SSSR count). The lowest BCUT2D eigenvalue weighted by Crippen LogP contribution is -2.43. The summed E-state index contributed by atoms with van der Waals surface area (Å²) in [6.07, 6.45) is 0. The summed E-state index contributed by atoms with van der Waals surface area (Å²) >= 11 is 5.35. The molecule has 2 unspecified atom stereocenters. The van der Waals surface area contributed by atoms with Crippen LogP contribution in [-0.4, -0.2) is 49.6 Å². The van der Waals surface area contributed by atoms with Crippen LogP contribution >= 0.6 is 27.3 Å². The van der Waals surface area contributed by atoms with Gasteiger partial charge in [0.1, 0.15) is 0 Å². The molecule has 0 fully saturated rings. The van der Waals surface area contributed by atoms with Crippen LogP contribution in [0.3, 0.4) is 0 Å². The van der Waals surface area contributed by atoms with Gasteiger partial charge in [0.25, 0.3) is 0 Å². The zero-order chi connectivity index (χ0) is 15.3. The van der Waals surface area contributed by atoms with Crippen LogP contribution in [0.15, 0.2) is 15.9 Å². The van der Waals surface area contributed by atoms with E-state index in [1.807, 2.05) is 0 Å². The highest BCUT2D eigenvalue weighted by Crippen LogP contribution is 2.31. The van der Waals surface area contributed by atoms with Crippen LogP contribution in [0, 0.1) is 5.92 Å². The molecular formula is C15H28BrN3S. The van der Waals surface area contributed by atoms with E-state index in [4.69, 9.17) is 5.73 Å². The van der Waals surface area contributed by atoms with E-state index in [0.29, 0.717) is 12.0 Å². The molecule has 1 aromatic heterocycles. The molecule has 2 atom stereocenters. The lowest BCUT2D eigenvalue weighted by molar-refractivity contribution is 0.146. The zero-order valence-electron chi connectivity index (χ0n) is 13.3. The van der Waals surface area contributed by atoms with Crippen LogP contribution in [0.4, 0.5) is 0 Å². The molecule has 3 nitrogen and oxygen atoms in total. The first-order valence-electron chi connectivity index (χ1n) is 7.19. The van der Waals surface area contributed by atoms with Gasteiger partial charge in [-0.3, -0.25) is 4.90 Å². The van der Waals surface area contributed by atoms with Crippen molar-refractivity contribution in [3.8, 4) is 0 Å². The van der Waals surface area contributed by atoms with Gasteiger partial charge in [0, 0.05) is 40.4 Å². The van der Waals surface area contributed by atoms with Crippen molar-refractivity contribution in [2.45, 2.75) is 32.9 Å². The fourth-order valence-electron chi connectivity index (χ4n) is 2.40. The molecule has 0 saturated heterocycles. The minimum atomic E-state index is 0.126. The molecule has 0 aliphatic rings. The van der Waals surface area contributed by atoms with E-state index in [-0.39, 0.29) is 6.04 Å². The van der Waals surface area contributed by atoms with E-state index in [1.54, 1.807) is 11.3 Å². The second-order valence-electron chi connectivity index (χ2n) is 6.16. The number of likely N-dealkylation sites (N-methyl/N-ethyl adjacent to an activating group) is 1. The summed E-state index contributed by atoms with van der Waals surface area (Å²) in [6, 6.07) is 2.64. The second kappa shape index (κ2) is 8.49. The van der Waals surface area contributed by atoms with Crippen molar-refractivity contribution < 1.29 is 0 Å². The Bertz CT molecular complexity index is 390. The average Bonchev–Trinajstić information content (AvgIpc) is 2.71. The Morgan fingerprint density at radius 2 is 1.90 bits per heavy atom. The first kappa shape index (κ1) is 18.1. The van der Waals surface area contributed by atoms with Crippen LogP contribution in [-0.2, 0) is 0 Å². The second-order valence-corrected chi connectivity index (χ2v) is 8.02. The molecule has 116 valence electrons. The van der Waals surface area contributed by atoms with Gasteiger partial charge in [0.15, 0.2) is 0 Å². The Hall–Kier alpha value is 0.0600. The Morgan fingerprint density at radius 3 is 2.30 bits per heavy atom. The first-order chi connectivity index (χ1) is 9.31. The van der Waals surface area contributed by atoms with Gasteiger partial charge in [-0.15, -0.1) is 11.3 Å². The molecule has 0 spiro atoms. The number of rotatable bonds is 8. The highest BCUT2D eigenvalue weighted by atomic mass is 79.9. The van der Waals surface area contributed by atoms with Gasteiger partial charge < -0.3 is 10.6 Å². The summed E-state index contributed by atoms with van der Waals surface area (Å²) in [5.74, 6) is 0.641. The molecule has 0 aliphatic heterocycles. The average molecular weight is 362 g/mol. The van der Waals surface area contributed by atoms with Crippen molar-refractivity contribution >= 4 is 27.3 Å². The molecule has 1 heterocycles. The van der Waals surface area contributed by atoms with Gasteiger partial charge in [-0.1, -0.05) is 13.8 Å². The SMILES string of the molecule is CC(C)CN(CCN(C)C)C(c1cc(Br)cs1)C(C)N. The van der Waals surface area contributed by atoms with Crippen molar-refractivity contribution in [1.82, 2.24) is 9.80 Å². The molecule has 1 aromatic rings. The summed E-state index contributed by atoms with van der Waals surface area (Å²) in [5.41, 5.74) is 6.30. The number of nitrogens with zero attached hydrogens (tertiary/aromatic N) is 2. The van der Waals surface area contributed by atoms with Gasteiger partial charge in [-0.25, -0.2) is 0 Å². The summed E-state index contributed by atoms with van der Waals surface area (Å²) in [6.45, 7) is 9.84. The van der Waals surface area contributed by atoms with E-state index < -0.39 is 0 Å². The zero-order valence-corrected chi connectivity index (χ0v) is 15.7. The Kier molecular flexibility index (Phi) is 7.69. The van der Waals surface area contributed by atoms with Gasteiger partial charge in [0.05, 0.1) is 6.04 Å². The van der Waals surface area contributed by atoms with Crippen molar-refractivity contribution in [2.75, 3.05) is 33.7 Å². The third-order valence-corrected chi connectivity index (χ3v) is 4.97. The minimum Gasteiger partial charge on any atom is -0.326 e. The molecule has 2 N–H and O–H groups in total. The topological polar surface area (TPSA) is 32.5 Å². The highest BCUT2D eigenvalue weighted by molar-refractivity contribution is 9.10. The maximum atomic E-state index is 6.30. The van der Waals surface area contributed by atoms with E-state index in [0.717, 1.165) is 24.1 Å². The van der Waals surface area contributed by atoms with Gasteiger partial charge in [-0.05, 0) is 48.9 Å². The predicted molar refractivity (Wildman–Crippen MR) is 93.4 cm³/mol. The van der Waals surface area contributed by atoms with Crippen LogP contribution in [0.25, 0.3) is 0 Å². The smallest absolute Gasteiger partial charge is 0.0591 e. The number of hydrogen-bond donors (Lipinski definition) is 1. The number of nitrogens with two attached hydrogens (primary N) is 1. The van der Waals surface area contributed by atoms with Crippen molar-refractivity contribution in [3.63, 3.8) is 0 Å². The molecule has 0 aromatic carbocycles. The van der Waals surface area contributed by atoms with Crippen LogP contribution in [0.1, 0.15) is 31.7 Å². The van der Waals surface area contributed by atoms with Crippen LogP contribution < -0.4 is 5.73 Å². The van der Waals surface area contributed by atoms with E-state index in [1.165, 1.54) is 4.88 Å². The number of halogens is 1. The summed E-state index contributed by atoms with van der Waals surface area (Å²) < 4.78 is 1.15. The molecule has 0 aliphatic carbocycles. The fourth-order valence-corrected chi connectivity index (χ4v) is 4.09. The maximum absolute atomic E-state index is 6.30. The first-order valence-corrected chi connectivity index (χ1v) is 8.86. The van der Waals surface area contributed by atoms with Gasteiger partial charge >= 0.3 is 0 Å². The summed E-state index contributed by atoms with van der Waals surface area (Å²) in [7, 11) is 4.24. The van der Waals surface area contributed by atoms with Crippen LogP contribution in [0.5, 0.6) is 0 Å². The normalized spacial score (nSPS) is 15.3. The lowest BCUT2D eigenvalue weighted by atomic mass is 10.0. The standard InChI is InChI=1S/C15H28BrN3S/c1-11(2)9-19(7-6-18(4)5)15(12(3)17)14-8-13(16)10-20-14/h8,10-12,15H,6-7,9,17H2,1-5H3. The maximum Gasteiger partial charge on any atom is 0.0591 e. The summed E-state index contributed by atoms with van der Waals surface area (Å²) in [5, 5.41) is 2.14. The van der Waals surface area contributed by atoms with E-state index in [9.17, 15) is 0 Å². The molecule has 0 radical (unpaired) electrons. The monoisotopic (exact) mass is 361 g/mol. The molecule has 0 bridgehead atoms. The fraction of sp³-hybridized carbons (Fsp3) is 0.733. The predicted octanol–water partition coefficient (Wildman–Crippen LogP) is 3.42. The molecule has 20 heavy (non-hydrogen) atoms.